The van der Waals surface area contributed by atoms with Crippen molar-refractivity contribution in [3.63, 3.8) is 0 Å². The topological polar surface area (TPSA) is 77.1 Å². The maximum absolute atomic E-state index is 12.0. The van der Waals surface area contributed by atoms with Crippen LogP contribution in [0.2, 0.25) is 0 Å². The molecule has 0 aliphatic carbocycles. The van der Waals surface area contributed by atoms with Gasteiger partial charge in [0.1, 0.15) is 11.2 Å². The van der Waals surface area contributed by atoms with Gasteiger partial charge < -0.3 is 9.47 Å². The quantitative estimate of drug-likeness (QED) is 0.796. The number of amides is 2. The Bertz CT molecular complexity index is 413. The molecule has 0 spiro atoms. The van der Waals surface area contributed by atoms with Crippen LogP contribution in [-0.4, -0.2) is 47.9 Å². The largest absolute Gasteiger partial charge is 0.522 e. The third kappa shape index (κ3) is 12.5. The predicted octanol–water partition coefficient (Wildman–Crippen LogP) is 3.20. The van der Waals surface area contributed by atoms with Crippen molar-refractivity contribution in [2.24, 2.45) is 0 Å². The van der Waals surface area contributed by atoms with Crippen molar-refractivity contribution < 1.29 is 37.0 Å². The average Bonchev–Trinajstić information content (AvgIpc) is 2.20. The molecule has 0 radical (unpaired) electrons. The van der Waals surface area contributed by atoms with Gasteiger partial charge in [0, 0.05) is 0 Å². The standard InChI is InChI=1S/C13H23F3N2O5/c1-11(2,3)22-9(19)17-18(7-8-21-13(14,15)16)10(20)23-12(4,5)6/h7-8H2,1-6H3,(H,17,19). The highest BCUT2D eigenvalue weighted by Gasteiger charge is 2.31. The van der Waals surface area contributed by atoms with E-state index >= 15 is 0 Å². The third-order valence-corrected chi connectivity index (χ3v) is 1.82. The number of hydrazine groups is 1. The number of hydrogen-bond donors (Lipinski definition) is 1. The number of carbonyl (C=O) groups excluding carboxylic acids is 2. The molecule has 0 bridgehead atoms. The first-order chi connectivity index (χ1) is 10.1. The van der Waals surface area contributed by atoms with Crippen LogP contribution in [-0.2, 0) is 14.2 Å². The Morgan fingerprint density at radius 2 is 1.43 bits per heavy atom. The van der Waals surface area contributed by atoms with Crippen molar-refractivity contribution in [1.29, 1.82) is 0 Å². The first-order valence-corrected chi connectivity index (χ1v) is 6.80. The summed E-state index contributed by atoms with van der Waals surface area (Å²) in [6, 6.07) is 0. The summed E-state index contributed by atoms with van der Waals surface area (Å²) in [6.07, 6.45) is -6.88. The molecule has 0 aliphatic heterocycles. The molecule has 23 heavy (non-hydrogen) atoms. The molecule has 0 heterocycles. The number of halogens is 3. The zero-order valence-corrected chi connectivity index (χ0v) is 14.0. The van der Waals surface area contributed by atoms with Crippen LogP contribution in [0.5, 0.6) is 0 Å². The molecular weight excluding hydrogens is 321 g/mol. The van der Waals surface area contributed by atoms with Crippen molar-refractivity contribution in [1.82, 2.24) is 10.4 Å². The first kappa shape index (κ1) is 21.3. The van der Waals surface area contributed by atoms with E-state index in [-0.39, 0.29) is 0 Å². The maximum atomic E-state index is 12.0. The van der Waals surface area contributed by atoms with Gasteiger partial charge in [0.2, 0.25) is 0 Å². The second-order valence-corrected chi connectivity index (χ2v) is 6.54. The molecule has 136 valence electrons. The molecule has 7 nitrogen and oxygen atoms in total. The molecule has 0 saturated carbocycles. The average molecular weight is 344 g/mol. The van der Waals surface area contributed by atoms with Gasteiger partial charge in [-0.3, -0.25) is 4.74 Å². The molecule has 0 aromatic carbocycles. The van der Waals surface area contributed by atoms with Gasteiger partial charge in [0.05, 0.1) is 13.2 Å². The van der Waals surface area contributed by atoms with E-state index in [0.717, 1.165) is 0 Å². The van der Waals surface area contributed by atoms with Crippen molar-refractivity contribution >= 4 is 12.2 Å². The molecule has 0 aromatic rings. The van der Waals surface area contributed by atoms with Crippen LogP contribution < -0.4 is 5.43 Å². The minimum atomic E-state index is -4.84. The molecule has 0 rings (SSSR count). The minimum Gasteiger partial charge on any atom is -0.443 e. The van der Waals surface area contributed by atoms with Crippen molar-refractivity contribution in [3.05, 3.63) is 0 Å². The Morgan fingerprint density at radius 3 is 1.83 bits per heavy atom. The Labute approximate surface area is 133 Å². The van der Waals surface area contributed by atoms with E-state index in [9.17, 15) is 22.8 Å². The molecule has 2 amide bonds. The van der Waals surface area contributed by atoms with Crippen LogP contribution >= 0.6 is 0 Å². The van der Waals surface area contributed by atoms with Crippen molar-refractivity contribution in [2.75, 3.05) is 13.2 Å². The number of carbonyl (C=O) groups is 2. The van der Waals surface area contributed by atoms with E-state index in [1.165, 1.54) is 0 Å². The second kappa shape index (κ2) is 7.71. The fourth-order valence-electron chi connectivity index (χ4n) is 1.17. The summed E-state index contributed by atoms with van der Waals surface area (Å²) in [6.45, 7) is 8.05. The zero-order valence-electron chi connectivity index (χ0n) is 14.0. The van der Waals surface area contributed by atoms with Crippen LogP contribution in [0.1, 0.15) is 41.5 Å². The summed E-state index contributed by atoms with van der Waals surface area (Å²) in [5.41, 5.74) is 0.298. The van der Waals surface area contributed by atoms with Gasteiger partial charge >= 0.3 is 18.5 Å². The highest BCUT2D eigenvalue weighted by Crippen LogP contribution is 2.16. The molecule has 10 heteroatoms. The first-order valence-electron chi connectivity index (χ1n) is 6.80. The fraction of sp³-hybridized carbons (Fsp3) is 0.846. The van der Waals surface area contributed by atoms with Gasteiger partial charge in [-0.1, -0.05) is 0 Å². The molecule has 0 saturated heterocycles. The Balaban J connectivity index is 4.79. The lowest BCUT2D eigenvalue weighted by molar-refractivity contribution is -0.325. The summed E-state index contributed by atoms with van der Waals surface area (Å²) in [4.78, 5) is 23.6. The number of alkyl halides is 3. The van der Waals surface area contributed by atoms with E-state index in [2.05, 4.69) is 4.74 Å². The monoisotopic (exact) mass is 344 g/mol. The van der Waals surface area contributed by atoms with Crippen molar-refractivity contribution in [3.8, 4) is 0 Å². The molecule has 0 atom stereocenters. The van der Waals surface area contributed by atoms with Gasteiger partial charge in [0.25, 0.3) is 0 Å². The highest BCUT2D eigenvalue weighted by molar-refractivity contribution is 5.74. The van der Waals surface area contributed by atoms with Crippen LogP contribution in [0.3, 0.4) is 0 Å². The lowest BCUT2D eigenvalue weighted by atomic mass is 10.2. The SMILES string of the molecule is CC(C)(C)OC(=O)NN(CCOC(F)(F)F)C(=O)OC(C)(C)C. The summed E-state index contributed by atoms with van der Waals surface area (Å²) in [5, 5.41) is 0.561. The third-order valence-electron chi connectivity index (χ3n) is 1.82. The fourth-order valence-corrected chi connectivity index (χ4v) is 1.17. The van der Waals surface area contributed by atoms with Gasteiger partial charge in [-0.15, -0.1) is 13.2 Å². The second-order valence-electron chi connectivity index (χ2n) is 6.54. The van der Waals surface area contributed by atoms with Crippen LogP contribution in [0, 0.1) is 0 Å². The Morgan fingerprint density at radius 1 is 0.957 bits per heavy atom. The number of nitrogens with zero attached hydrogens (tertiary/aromatic N) is 1. The zero-order chi connectivity index (χ0) is 18.5. The predicted molar refractivity (Wildman–Crippen MR) is 74.3 cm³/mol. The van der Waals surface area contributed by atoms with E-state index in [1.807, 2.05) is 5.43 Å². The van der Waals surface area contributed by atoms with Crippen LogP contribution in [0.25, 0.3) is 0 Å². The van der Waals surface area contributed by atoms with E-state index in [4.69, 9.17) is 9.47 Å². The molecule has 0 aromatic heterocycles. The Hall–Kier alpha value is -1.71. The summed E-state index contributed by atoms with van der Waals surface area (Å²) in [7, 11) is 0. The van der Waals surface area contributed by atoms with Crippen LogP contribution in [0.15, 0.2) is 0 Å². The molecule has 0 fully saturated rings. The molecule has 0 unspecified atom stereocenters. The lowest BCUT2D eigenvalue weighted by Crippen LogP contribution is -2.51. The Kier molecular flexibility index (Phi) is 7.14. The van der Waals surface area contributed by atoms with Gasteiger partial charge in [-0.2, -0.15) is 0 Å². The van der Waals surface area contributed by atoms with E-state index in [0.29, 0.717) is 5.01 Å². The number of rotatable bonds is 3. The lowest BCUT2D eigenvalue weighted by Gasteiger charge is -2.28. The normalized spacial score (nSPS) is 12.6. The summed E-state index contributed by atoms with van der Waals surface area (Å²) >= 11 is 0. The number of hydrogen-bond acceptors (Lipinski definition) is 5. The molecular formula is C13H23F3N2O5. The van der Waals surface area contributed by atoms with Crippen molar-refractivity contribution in [2.45, 2.75) is 59.1 Å². The highest BCUT2D eigenvalue weighted by atomic mass is 19.4. The van der Waals surface area contributed by atoms with Gasteiger partial charge in [-0.25, -0.2) is 20.0 Å². The minimum absolute atomic E-state index is 0.561. The van der Waals surface area contributed by atoms with Crippen LogP contribution in [0.4, 0.5) is 22.8 Å². The molecule has 1 N–H and O–H groups in total. The molecule has 0 aliphatic rings. The summed E-state index contributed by atoms with van der Waals surface area (Å²) in [5.74, 6) is 0. The van der Waals surface area contributed by atoms with E-state index < -0.39 is 42.9 Å². The van der Waals surface area contributed by atoms with E-state index in [1.54, 1.807) is 41.5 Å². The number of nitrogens with one attached hydrogen (secondary N) is 1. The number of ether oxygens (including phenoxy) is 3. The van der Waals surface area contributed by atoms with Gasteiger partial charge in [-0.05, 0) is 41.5 Å². The summed E-state index contributed by atoms with van der Waals surface area (Å²) < 4.78 is 49.5. The smallest absolute Gasteiger partial charge is 0.443 e. The van der Waals surface area contributed by atoms with Gasteiger partial charge in [0.15, 0.2) is 0 Å². The maximum Gasteiger partial charge on any atom is 0.522 e.